The van der Waals surface area contributed by atoms with Gasteiger partial charge in [-0.1, -0.05) is 18.0 Å². The molecule has 20 heavy (non-hydrogen) atoms. The molecule has 1 fully saturated rings. The van der Waals surface area contributed by atoms with Gasteiger partial charge in [0.25, 0.3) is 5.91 Å². The summed E-state index contributed by atoms with van der Waals surface area (Å²) in [7, 11) is 0. The lowest BCUT2D eigenvalue weighted by molar-refractivity contribution is -0.148. The number of halogens is 2. The fraction of sp³-hybridized carbons (Fsp3) is 0.429. The molecular formula is C14H15ClFNO3. The maximum atomic E-state index is 13.3. The van der Waals surface area contributed by atoms with Crippen molar-refractivity contribution >= 4 is 23.5 Å². The third-order valence-corrected chi connectivity index (χ3v) is 4.24. The van der Waals surface area contributed by atoms with Gasteiger partial charge in [0.1, 0.15) is 5.82 Å². The van der Waals surface area contributed by atoms with Crippen molar-refractivity contribution in [1.29, 1.82) is 0 Å². The van der Waals surface area contributed by atoms with E-state index in [1.54, 1.807) is 6.92 Å². The summed E-state index contributed by atoms with van der Waals surface area (Å²) in [5.74, 6) is -2.09. The standard InChI is InChI=1S/C14H15ClFNO3/c1-14(13(19)20)6-2-3-11(14)17-12(18)8-4-5-9(15)10(16)7-8/h4-5,7,11H,2-3,6H2,1H3,(H,17,18)(H,19,20). The van der Waals surface area contributed by atoms with Gasteiger partial charge in [-0.15, -0.1) is 0 Å². The van der Waals surface area contributed by atoms with Crippen LogP contribution in [0.2, 0.25) is 5.02 Å². The van der Waals surface area contributed by atoms with Gasteiger partial charge in [0, 0.05) is 11.6 Å². The lowest BCUT2D eigenvalue weighted by Crippen LogP contribution is -2.47. The average molecular weight is 300 g/mol. The molecule has 0 heterocycles. The average Bonchev–Trinajstić information content (AvgIpc) is 2.75. The molecule has 0 spiro atoms. The molecule has 1 aliphatic carbocycles. The highest BCUT2D eigenvalue weighted by Crippen LogP contribution is 2.38. The van der Waals surface area contributed by atoms with E-state index in [4.69, 9.17) is 11.6 Å². The Labute approximate surface area is 120 Å². The summed E-state index contributed by atoms with van der Waals surface area (Å²) in [5, 5.41) is 11.9. The van der Waals surface area contributed by atoms with Gasteiger partial charge in [-0.3, -0.25) is 9.59 Å². The summed E-state index contributed by atoms with van der Waals surface area (Å²) in [6, 6.07) is 3.31. The molecule has 0 aliphatic heterocycles. The SMILES string of the molecule is CC1(C(=O)O)CCCC1NC(=O)c1ccc(Cl)c(F)c1. The first-order valence-electron chi connectivity index (χ1n) is 6.34. The Kier molecular flexibility index (Phi) is 3.99. The molecule has 1 saturated carbocycles. The van der Waals surface area contributed by atoms with E-state index in [-0.39, 0.29) is 10.6 Å². The summed E-state index contributed by atoms with van der Waals surface area (Å²) >= 11 is 5.56. The minimum Gasteiger partial charge on any atom is -0.481 e. The first kappa shape index (κ1) is 14.8. The molecule has 0 bridgehead atoms. The normalized spacial score (nSPS) is 25.4. The number of benzene rings is 1. The van der Waals surface area contributed by atoms with Crippen molar-refractivity contribution in [2.24, 2.45) is 5.41 Å². The molecule has 1 aliphatic rings. The molecule has 4 nitrogen and oxygen atoms in total. The summed E-state index contributed by atoms with van der Waals surface area (Å²) in [4.78, 5) is 23.4. The van der Waals surface area contributed by atoms with E-state index in [0.717, 1.165) is 12.5 Å². The molecule has 1 aromatic carbocycles. The van der Waals surface area contributed by atoms with Gasteiger partial charge in [0.15, 0.2) is 0 Å². The van der Waals surface area contributed by atoms with Crippen LogP contribution in [-0.4, -0.2) is 23.0 Å². The van der Waals surface area contributed by atoms with Gasteiger partial charge in [-0.05, 0) is 38.0 Å². The second-order valence-electron chi connectivity index (χ2n) is 5.27. The van der Waals surface area contributed by atoms with Gasteiger partial charge in [0.05, 0.1) is 10.4 Å². The van der Waals surface area contributed by atoms with E-state index in [2.05, 4.69) is 5.32 Å². The third kappa shape index (κ3) is 2.63. The highest BCUT2D eigenvalue weighted by Gasteiger charge is 2.45. The Morgan fingerprint density at radius 2 is 2.20 bits per heavy atom. The van der Waals surface area contributed by atoms with Crippen LogP contribution in [0.1, 0.15) is 36.5 Å². The summed E-state index contributed by atoms with van der Waals surface area (Å²) in [6.45, 7) is 1.62. The molecule has 0 radical (unpaired) electrons. The number of hydrogen-bond acceptors (Lipinski definition) is 2. The van der Waals surface area contributed by atoms with E-state index >= 15 is 0 Å². The highest BCUT2D eigenvalue weighted by molar-refractivity contribution is 6.30. The molecule has 0 saturated heterocycles. The molecule has 0 aromatic heterocycles. The molecule has 2 unspecified atom stereocenters. The van der Waals surface area contributed by atoms with Crippen LogP contribution in [0.15, 0.2) is 18.2 Å². The van der Waals surface area contributed by atoms with Crippen LogP contribution >= 0.6 is 11.6 Å². The van der Waals surface area contributed by atoms with Crippen LogP contribution in [0.4, 0.5) is 4.39 Å². The van der Waals surface area contributed by atoms with Crippen molar-refractivity contribution < 1.29 is 19.1 Å². The quantitative estimate of drug-likeness (QED) is 0.902. The number of rotatable bonds is 3. The molecule has 2 rings (SSSR count). The number of carbonyl (C=O) groups excluding carboxylic acids is 1. The number of carboxylic acid groups (broad SMARTS) is 1. The van der Waals surface area contributed by atoms with Crippen LogP contribution in [0.3, 0.4) is 0 Å². The molecular weight excluding hydrogens is 285 g/mol. The fourth-order valence-electron chi connectivity index (χ4n) is 2.53. The van der Waals surface area contributed by atoms with Crippen molar-refractivity contribution in [3.05, 3.63) is 34.6 Å². The Morgan fingerprint density at radius 3 is 2.80 bits per heavy atom. The Bertz CT molecular complexity index is 563. The second-order valence-corrected chi connectivity index (χ2v) is 5.68. The highest BCUT2D eigenvalue weighted by atomic mass is 35.5. The summed E-state index contributed by atoms with van der Waals surface area (Å²) < 4.78 is 13.3. The number of aliphatic carboxylic acids is 1. The van der Waals surface area contributed by atoms with E-state index in [1.165, 1.54) is 12.1 Å². The minimum absolute atomic E-state index is 0.0576. The monoisotopic (exact) mass is 299 g/mol. The smallest absolute Gasteiger partial charge is 0.311 e. The van der Waals surface area contributed by atoms with Crippen molar-refractivity contribution in [3.8, 4) is 0 Å². The zero-order valence-corrected chi connectivity index (χ0v) is 11.7. The zero-order chi connectivity index (χ0) is 14.9. The lowest BCUT2D eigenvalue weighted by atomic mass is 9.85. The van der Waals surface area contributed by atoms with Crippen LogP contribution in [0.5, 0.6) is 0 Å². The van der Waals surface area contributed by atoms with Crippen molar-refractivity contribution in [3.63, 3.8) is 0 Å². The van der Waals surface area contributed by atoms with E-state index in [1.807, 2.05) is 0 Å². The summed E-state index contributed by atoms with van der Waals surface area (Å²) in [6.07, 6.45) is 1.86. The number of amides is 1. The van der Waals surface area contributed by atoms with Gasteiger partial charge in [-0.2, -0.15) is 0 Å². The molecule has 1 aromatic rings. The molecule has 108 valence electrons. The third-order valence-electron chi connectivity index (χ3n) is 3.93. The van der Waals surface area contributed by atoms with Crippen molar-refractivity contribution in [2.75, 3.05) is 0 Å². The maximum Gasteiger partial charge on any atom is 0.311 e. The molecule has 2 atom stereocenters. The topological polar surface area (TPSA) is 66.4 Å². The van der Waals surface area contributed by atoms with Crippen LogP contribution in [0.25, 0.3) is 0 Å². The predicted molar refractivity (Wildman–Crippen MR) is 72.3 cm³/mol. The van der Waals surface area contributed by atoms with E-state index in [0.29, 0.717) is 12.8 Å². The van der Waals surface area contributed by atoms with Gasteiger partial charge in [-0.25, -0.2) is 4.39 Å². The largest absolute Gasteiger partial charge is 0.481 e. The lowest BCUT2D eigenvalue weighted by Gasteiger charge is -2.27. The van der Waals surface area contributed by atoms with Crippen LogP contribution in [-0.2, 0) is 4.79 Å². The minimum atomic E-state index is -0.972. The molecule has 6 heteroatoms. The van der Waals surface area contributed by atoms with Crippen LogP contribution < -0.4 is 5.32 Å². The molecule has 1 amide bonds. The van der Waals surface area contributed by atoms with E-state index in [9.17, 15) is 19.1 Å². The summed E-state index contributed by atoms with van der Waals surface area (Å²) in [5.41, 5.74) is -0.841. The van der Waals surface area contributed by atoms with Gasteiger partial charge >= 0.3 is 5.97 Å². The number of nitrogens with one attached hydrogen (secondary N) is 1. The first-order chi connectivity index (χ1) is 9.34. The Balaban J connectivity index is 2.15. The first-order valence-corrected chi connectivity index (χ1v) is 6.71. The maximum absolute atomic E-state index is 13.3. The van der Waals surface area contributed by atoms with Crippen LogP contribution in [0, 0.1) is 11.2 Å². The van der Waals surface area contributed by atoms with Gasteiger partial charge < -0.3 is 10.4 Å². The van der Waals surface area contributed by atoms with E-state index < -0.39 is 29.2 Å². The zero-order valence-electron chi connectivity index (χ0n) is 11.0. The number of carboxylic acids is 1. The molecule has 2 N–H and O–H groups in total. The fourth-order valence-corrected chi connectivity index (χ4v) is 2.65. The van der Waals surface area contributed by atoms with Crippen molar-refractivity contribution in [2.45, 2.75) is 32.2 Å². The van der Waals surface area contributed by atoms with Crippen molar-refractivity contribution in [1.82, 2.24) is 5.32 Å². The Morgan fingerprint density at radius 1 is 1.50 bits per heavy atom. The number of hydrogen-bond donors (Lipinski definition) is 2. The second kappa shape index (κ2) is 5.40. The van der Waals surface area contributed by atoms with Gasteiger partial charge in [0.2, 0.25) is 0 Å². The predicted octanol–water partition coefficient (Wildman–Crippen LogP) is 2.85. The number of carbonyl (C=O) groups is 2. The Hall–Kier alpha value is -1.62.